The number of hydrogen-bond donors (Lipinski definition) is 1. The predicted molar refractivity (Wildman–Crippen MR) is 87.4 cm³/mol. The third kappa shape index (κ3) is 3.85. The number of anilines is 1. The lowest BCUT2D eigenvalue weighted by molar-refractivity contribution is 0.602. The van der Waals surface area contributed by atoms with Crippen molar-refractivity contribution in [1.29, 1.82) is 0 Å². The normalized spacial score (nSPS) is 11.4. The van der Waals surface area contributed by atoms with Crippen molar-refractivity contribution in [1.82, 2.24) is 0 Å². The van der Waals surface area contributed by atoms with Crippen molar-refractivity contribution in [2.75, 3.05) is 11.6 Å². The highest BCUT2D eigenvalue weighted by molar-refractivity contribution is 7.90. The molecule has 0 heterocycles. The molecule has 0 saturated carbocycles. The summed E-state index contributed by atoms with van der Waals surface area (Å²) >= 11 is 0. The Morgan fingerprint density at radius 3 is 2.33 bits per heavy atom. The van der Waals surface area contributed by atoms with E-state index in [0.717, 1.165) is 17.7 Å². The number of aryl methyl sites for hydroxylation is 2. The highest BCUT2D eigenvalue weighted by atomic mass is 32.2. The molecule has 112 valence electrons. The van der Waals surface area contributed by atoms with Crippen molar-refractivity contribution < 1.29 is 8.42 Å². The van der Waals surface area contributed by atoms with Crippen molar-refractivity contribution in [3.63, 3.8) is 0 Å². The van der Waals surface area contributed by atoms with Crippen LogP contribution >= 0.6 is 0 Å². The molecule has 0 aliphatic carbocycles. The van der Waals surface area contributed by atoms with Crippen molar-refractivity contribution in [3.8, 4) is 0 Å². The largest absolute Gasteiger partial charge is 0.381 e. The van der Waals surface area contributed by atoms with Gasteiger partial charge in [-0.25, -0.2) is 8.42 Å². The minimum atomic E-state index is -3.18. The van der Waals surface area contributed by atoms with Gasteiger partial charge in [-0.05, 0) is 42.2 Å². The van der Waals surface area contributed by atoms with Gasteiger partial charge in [-0.3, -0.25) is 0 Å². The van der Waals surface area contributed by atoms with E-state index in [1.807, 2.05) is 25.1 Å². The first-order valence-electron chi connectivity index (χ1n) is 7.03. The van der Waals surface area contributed by atoms with E-state index < -0.39 is 9.84 Å². The molecule has 0 radical (unpaired) electrons. The van der Waals surface area contributed by atoms with Crippen LogP contribution in [0.15, 0.2) is 47.4 Å². The molecule has 2 aromatic carbocycles. The molecule has 0 aliphatic rings. The van der Waals surface area contributed by atoms with Crippen LogP contribution < -0.4 is 5.32 Å². The first-order valence-corrected chi connectivity index (χ1v) is 8.92. The van der Waals surface area contributed by atoms with E-state index in [1.165, 1.54) is 17.4 Å². The smallest absolute Gasteiger partial charge is 0.175 e. The summed E-state index contributed by atoms with van der Waals surface area (Å²) in [7, 11) is -3.18. The van der Waals surface area contributed by atoms with Crippen LogP contribution in [0, 0.1) is 6.92 Å². The summed E-state index contributed by atoms with van der Waals surface area (Å²) in [6, 6.07) is 13.5. The summed E-state index contributed by atoms with van der Waals surface area (Å²) in [5.41, 5.74) is 4.45. The van der Waals surface area contributed by atoms with Crippen LogP contribution in [-0.4, -0.2) is 14.7 Å². The van der Waals surface area contributed by atoms with Gasteiger partial charge in [0.1, 0.15) is 0 Å². The zero-order valence-corrected chi connectivity index (χ0v) is 13.5. The second-order valence-electron chi connectivity index (χ2n) is 5.22. The fraction of sp³-hybridized carbons (Fsp3) is 0.294. The zero-order chi connectivity index (χ0) is 15.5. The Balaban J connectivity index is 2.24. The Morgan fingerprint density at radius 2 is 1.71 bits per heavy atom. The fourth-order valence-corrected chi connectivity index (χ4v) is 2.93. The third-order valence-corrected chi connectivity index (χ3v) is 4.72. The van der Waals surface area contributed by atoms with E-state index in [-0.39, 0.29) is 0 Å². The van der Waals surface area contributed by atoms with Gasteiger partial charge in [-0.15, -0.1) is 0 Å². The van der Waals surface area contributed by atoms with Gasteiger partial charge >= 0.3 is 0 Å². The quantitative estimate of drug-likeness (QED) is 0.918. The molecule has 0 bridgehead atoms. The minimum absolute atomic E-state index is 0.347. The zero-order valence-electron chi connectivity index (χ0n) is 12.7. The van der Waals surface area contributed by atoms with Gasteiger partial charge in [-0.2, -0.15) is 0 Å². The molecule has 0 amide bonds. The molecular formula is C17H21NO2S. The third-order valence-electron chi connectivity index (χ3n) is 3.61. The number of rotatable bonds is 5. The van der Waals surface area contributed by atoms with Crippen LogP contribution in [0.5, 0.6) is 0 Å². The maximum Gasteiger partial charge on any atom is 0.175 e. The number of benzene rings is 2. The first kappa shape index (κ1) is 15.6. The van der Waals surface area contributed by atoms with Crippen molar-refractivity contribution >= 4 is 15.5 Å². The van der Waals surface area contributed by atoms with Crippen LogP contribution in [0.2, 0.25) is 0 Å². The SMILES string of the molecule is CCc1ccccc1CNc1cc(S(C)(=O)=O)ccc1C. The molecule has 0 aromatic heterocycles. The van der Waals surface area contributed by atoms with E-state index in [9.17, 15) is 8.42 Å². The molecule has 21 heavy (non-hydrogen) atoms. The van der Waals surface area contributed by atoms with Gasteiger partial charge in [0.2, 0.25) is 0 Å². The molecule has 0 saturated heterocycles. The van der Waals surface area contributed by atoms with Gasteiger partial charge in [0.15, 0.2) is 9.84 Å². The molecule has 0 aliphatic heterocycles. The van der Waals surface area contributed by atoms with Crippen LogP contribution in [0.25, 0.3) is 0 Å². The van der Waals surface area contributed by atoms with E-state index in [1.54, 1.807) is 12.1 Å². The lowest BCUT2D eigenvalue weighted by Gasteiger charge is -2.13. The van der Waals surface area contributed by atoms with Gasteiger partial charge in [-0.1, -0.05) is 37.3 Å². The average molecular weight is 303 g/mol. The maximum atomic E-state index is 11.6. The van der Waals surface area contributed by atoms with Crippen LogP contribution in [-0.2, 0) is 22.8 Å². The molecule has 3 nitrogen and oxygen atoms in total. The summed E-state index contributed by atoms with van der Waals surface area (Å²) in [5.74, 6) is 0. The van der Waals surface area contributed by atoms with Crippen LogP contribution in [0.4, 0.5) is 5.69 Å². The molecule has 0 fully saturated rings. The standard InChI is InChI=1S/C17H21NO2S/c1-4-14-7-5-6-8-15(14)12-18-17-11-16(21(3,19)20)10-9-13(17)2/h5-11,18H,4,12H2,1-3H3. The van der Waals surface area contributed by atoms with Crippen molar-refractivity contribution in [3.05, 3.63) is 59.2 Å². The molecule has 4 heteroatoms. The molecular weight excluding hydrogens is 282 g/mol. The average Bonchev–Trinajstić information content (AvgIpc) is 2.45. The highest BCUT2D eigenvalue weighted by Gasteiger charge is 2.09. The van der Waals surface area contributed by atoms with Crippen molar-refractivity contribution in [2.45, 2.75) is 31.7 Å². The first-order chi connectivity index (χ1) is 9.91. The van der Waals surface area contributed by atoms with E-state index in [2.05, 4.69) is 24.4 Å². The summed E-state index contributed by atoms with van der Waals surface area (Å²) in [6.45, 7) is 4.80. The summed E-state index contributed by atoms with van der Waals surface area (Å²) < 4.78 is 23.3. The molecule has 0 atom stereocenters. The Labute approximate surface area is 126 Å². The van der Waals surface area contributed by atoms with Gasteiger partial charge in [0.25, 0.3) is 0 Å². The van der Waals surface area contributed by atoms with E-state index >= 15 is 0 Å². The second kappa shape index (κ2) is 6.31. The van der Waals surface area contributed by atoms with Gasteiger partial charge < -0.3 is 5.32 Å². The van der Waals surface area contributed by atoms with Crippen LogP contribution in [0.3, 0.4) is 0 Å². The monoisotopic (exact) mass is 303 g/mol. The van der Waals surface area contributed by atoms with Crippen molar-refractivity contribution in [2.24, 2.45) is 0 Å². The highest BCUT2D eigenvalue weighted by Crippen LogP contribution is 2.21. The summed E-state index contributed by atoms with van der Waals surface area (Å²) in [4.78, 5) is 0.347. The summed E-state index contributed by atoms with van der Waals surface area (Å²) in [6.07, 6.45) is 2.22. The Morgan fingerprint density at radius 1 is 1.05 bits per heavy atom. The molecule has 0 spiro atoms. The second-order valence-corrected chi connectivity index (χ2v) is 7.24. The lowest BCUT2D eigenvalue weighted by atomic mass is 10.1. The molecule has 0 unspecified atom stereocenters. The van der Waals surface area contributed by atoms with E-state index in [0.29, 0.717) is 11.4 Å². The molecule has 2 aromatic rings. The van der Waals surface area contributed by atoms with Gasteiger partial charge in [0, 0.05) is 18.5 Å². The Kier molecular flexibility index (Phi) is 4.68. The minimum Gasteiger partial charge on any atom is -0.381 e. The number of sulfone groups is 1. The fourth-order valence-electron chi connectivity index (χ4n) is 2.29. The Hall–Kier alpha value is -1.81. The predicted octanol–water partition coefficient (Wildman–Crippen LogP) is 3.57. The Bertz CT molecular complexity index is 736. The number of nitrogens with one attached hydrogen (secondary N) is 1. The van der Waals surface area contributed by atoms with Crippen LogP contribution in [0.1, 0.15) is 23.6 Å². The number of hydrogen-bond acceptors (Lipinski definition) is 3. The summed E-state index contributed by atoms with van der Waals surface area (Å²) in [5, 5.41) is 3.35. The van der Waals surface area contributed by atoms with E-state index in [4.69, 9.17) is 0 Å². The molecule has 1 N–H and O–H groups in total. The maximum absolute atomic E-state index is 11.6. The lowest BCUT2D eigenvalue weighted by Crippen LogP contribution is -2.05. The topological polar surface area (TPSA) is 46.2 Å². The molecule has 2 rings (SSSR count). The van der Waals surface area contributed by atoms with Gasteiger partial charge in [0.05, 0.1) is 4.90 Å².